The third kappa shape index (κ3) is 2.30. The maximum Gasteiger partial charge on any atom is 0.206 e. The van der Waals surface area contributed by atoms with Crippen LogP contribution in [0.1, 0.15) is 0 Å². The van der Waals surface area contributed by atoms with Gasteiger partial charge in [-0.25, -0.2) is 8.42 Å². The summed E-state index contributed by atoms with van der Waals surface area (Å²) in [6.07, 6.45) is 0. The molecule has 2 rings (SSSR count). The molecule has 0 bridgehead atoms. The first kappa shape index (κ1) is 11.6. The molecular weight excluding hydrogens is 238 g/mol. The molecule has 0 unspecified atom stereocenters. The quantitative estimate of drug-likeness (QED) is 0.842. The van der Waals surface area contributed by atoms with Crippen molar-refractivity contribution in [3.8, 4) is 5.75 Å². The molecule has 0 heterocycles. The maximum absolute atomic E-state index is 12.2. The first-order valence-corrected chi connectivity index (χ1v) is 6.40. The minimum absolute atomic E-state index is 0.213. The van der Waals surface area contributed by atoms with Gasteiger partial charge in [-0.05, 0) is 36.4 Å². The van der Waals surface area contributed by atoms with Gasteiger partial charge in [-0.2, -0.15) is 5.90 Å². The fourth-order valence-electron chi connectivity index (χ4n) is 1.43. The van der Waals surface area contributed by atoms with E-state index in [1.54, 1.807) is 30.3 Å². The van der Waals surface area contributed by atoms with E-state index < -0.39 is 9.84 Å². The number of rotatable bonds is 3. The topological polar surface area (TPSA) is 69.4 Å². The fraction of sp³-hybridized carbons (Fsp3) is 0. The minimum atomic E-state index is -3.46. The molecule has 2 aromatic rings. The van der Waals surface area contributed by atoms with Gasteiger partial charge in [-0.1, -0.05) is 18.2 Å². The van der Waals surface area contributed by atoms with Crippen molar-refractivity contribution in [2.24, 2.45) is 5.90 Å². The van der Waals surface area contributed by atoms with Crippen molar-refractivity contribution in [2.45, 2.75) is 9.79 Å². The van der Waals surface area contributed by atoms with E-state index in [0.29, 0.717) is 5.75 Å². The average molecular weight is 249 g/mol. The molecule has 0 fully saturated rings. The van der Waals surface area contributed by atoms with Crippen LogP contribution in [-0.2, 0) is 9.84 Å². The summed E-state index contributed by atoms with van der Waals surface area (Å²) in [6.45, 7) is 0. The average Bonchev–Trinajstić information content (AvgIpc) is 2.40. The van der Waals surface area contributed by atoms with E-state index in [-0.39, 0.29) is 9.79 Å². The summed E-state index contributed by atoms with van der Waals surface area (Å²) in [4.78, 5) is 4.97. The lowest BCUT2D eigenvalue weighted by Crippen LogP contribution is -2.04. The third-order valence-corrected chi connectivity index (χ3v) is 4.11. The van der Waals surface area contributed by atoms with Crippen LogP contribution >= 0.6 is 0 Å². The molecule has 5 heteroatoms. The van der Waals surface area contributed by atoms with Gasteiger partial charge in [-0.3, -0.25) is 0 Å². The highest BCUT2D eigenvalue weighted by molar-refractivity contribution is 7.91. The van der Waals surface area contributed by atoms with Gasteiger partial charge >= 0.3 is 0 Å². The van der Waals surface area contributed by atoms with Gasteiger partial charge in [0.1, 0.15) is 5.75 Å². The highest BCUT2D eigenvalue weighted by Crippen LogP contribution is 2.22. The van der Waals surface area contributed by atoms with Gasteiger partial charge in [0.25, 0.3) is 0 Å². The second-order valence-corrected chi connectivity index (χ2v) is 5.36. The molecule has 0 aliphatic heterocycles. The molecule has 0 amide bonds. The Hall–Kier alpha value is -1.85. The van der Waals surface area contributed by atoms with Crippen LogP contribution in [0.3, 0.4) is 0 Å². The van der Waals surface area contributed by atoms with Crippen LogP contribution in [-0.4, -0.2) is 8.42 Å². The molecule has 4 nitrogen and oxygen atoms in total. The molecule has 2 N–H and O–H groups in total. The van der Waals surface area contributed by atoms with Crippen molar-refractivity contribution in [3.05, 3.63) is 54.6 Å². The van der Waals surface area contributed by atoms with Crippen LogP contribution in [0.5, 0.6) is 5.75 Å². The summed E-state index contributed by atoms with van der Waals surface area (Å²) < 4.78 is 24.3. The Morgan fingerprint density at radius 1 is 0.824 bits per heavy atom. The van der Waals surface area contributed by atoms with E-state index in [2.05, 4.69) is 4.84 Å². The molecule has 2 aromatic carbocycles. The van der Waals surface area contributed by atoms with Crippen LogP contribution in [0.4, 0.5) is 0 Å². The summed E-state index contributed by atoms with van der Waals surface area (Å²) in [7, 11) is -3.46. The van der Waals surface area contributed by atoms with Gasteiger partial charge in [0.2, 0.25) is 9.84 Å². The van der Waals surface area contributed by atoms with E-state index in [9.17, 15) is 8.42 Å². The predicted molar refractivity (Wildman–Crippen MR) is 63.2 cm³/mol. The molecule has 0 aliphatic carbocycles. The molecule has 0 radical (unpaired) electrons. The summed E-state index contributed by atoms with van der Waals surface area (Å²) >= 11 is 0. The zero-order valence-electron chi connectivity index (χ0n) is 8.91. The number of hydrogen-bond donors (Lipinski definition) is 1. The van der Waals surface area contributed by atoms with Crippen LogP contribution in [0.25, 0.3) is 0 Å². The second kappa shape index (κ2) is 4.57. The minimum Gasteiger partial charge on any atom is -0.412 e. The van der Waals surface area contributed by atoms with Gasteiger partial charge in [0, 0.05) is 0 Å². The number of nitrogens with two attached hydrogens (primary N) is 1. The van der Waals surface area contributed by atoms with Crippen molar-refractivity contribution >= 4 is 9.84 Å². The summed E-state index contributed by atoms with van der Waals surface area (Å²) in [5.41, 5.74) is 0. The van der Waals surface area contributed by atoms with Crippen LogP contribution < -0.4 is 10.7 Å². The Morgan fingerprint density at radius 2 is 1.35 bits per heavy atom. The van der Waals surface area contributed by atoms with E-state index in [1.165, 1.54) is 24.3 Å². The van der Waals surface area contributed by atoms with Crippen molar-refractivity contribution in [3.63, 3.8) is 0 Å². The lowest BCUT2D eigenvalue weighted by molar-refractivity contribution is 0.334. The predicted octanol–water partition coefficient (Wildman–Crippen LogP) is 1.77. The van der Waals surface area contributed by atoms with Gasteiger partial charge in [0.05, 0.1) is 9.79 Å². The Kier molecular flexibility index (Phi) is 3.12. The molecule has 0 saturated heterocycles. The lowest BCUT2D eigenvalue weighted by atomic mass is 10.3. The van der Waals surface area contributed by atoms with Crippen LogP contribution in [0.2, 0.25) is 0 Å². The first-order chi connectivity index (χ1) is 8.14. The highest BCUT2D eigenvalue weighted by Gasteiger charge is 2.16. The highest BCUT2D eigenvalue weighted by atomic mass is 32.2. The Morgan fingerprint density at radius 3 is 1.88 bits per heavy atom. The fourth-order valence-corrected chi connectivity index (χ4v) is 2.72. The Balaban J connectivity index is 2.45. The standard InChI is InChI=1S/C12H11NO3S/c13-16-10-6-8-12(9-7-10)17(14,15)11-4-2-1-3-5-11/h1-9H,13H2. The molecule has 0 saturated carbocycles. The molecule has 17 heavy (non-hydrogen) atoms. The van der Waals surface area contributed by atoms with Crippen molar-refractivity contribution in [1.82, 2.24) is 0 Å². The largest absolute Gasteiger partial charge is 0.412 e. The molecule has 0 atom stereocenters. The Labute approximate surface area is 99.5 Å². The van der Waals surface area contributed by atoms with Crippen molar-refractivity contribution < 1.29 is 13.3 Å². The normalized spacial score (nSPS) is 11.1. The SMILES string of the molecule is NOc1ccc(S(=O)(=O)c2ccccc2)cc1. The van der Waals surface area contributed by atoms with Crippen LogP contribution in [0.15, 0.2) is 64.4 Å². The zero-order valence-corrected chi connectivity index (χ0v) is 9.72. The summed E-state index contributed by atoms with van der Waals surface area (Å²) in [6, 6.07) is 14.2. The third-order valence-electron chi connectivity index (χ3n) is 2.32. The van der Waals surface area contributed by atoms with E-state index in [0.717, 1.165) is 0 Å². The van der Waals surface area contributed by atoms with Gasteiger partial charge in [0.15, 0.2) is 0 Å². The molecular formula is C12H11NO3S. The summed E-state index contributed by atoms with van der Waals surface area (Å²) in [5, 5.41) is 0. The van der Waals surface area contributed by atoms with Crippen molar-refractivity contribution in [1.29, 1.82) is 0 Å². The van der Waals surface area contributed by atoms with E-state index in [1.807, 2.05) is 0 Å². The smallest absolute Gasteiger partial charge is 0.206 e. The molecule has 88 valence electrons. The van der Waals surface area contributed by atoms with Gasteiger partial charge in [-0.15, -0.1) is 0 Å². The number of hydrogen-bond acceptors (Lipinski definition) is 4. The number of benzene rings is 2. The summed E-state index contributed by atoms with van der Waals surface area (Å²) in [5.74, 6) is 5.38. The lowest BCUT2D eigenvalue weighted by Gasteiger charge is -2.05. The van der Waals surface area contributed by atoms with E-state index >= 15 is 0 Å². The van der Waals surface area contributed by atoms with Gasteiger partial charge < -0.3 is 4.84 Å². The molecule has 0 aromatic heterocycles. The second-order valence-electron chi connectivity index (χ2n) is 3.41. The monoisotopic (exact) mass is 249 g/mol. The first-order valence-electron chi connectivity index (χ1n) is 4.91. The van der Waals surface area contributed by atoms with E-state index in [4.69, 9.17) is 5.90 Å². The maximum atomic E-state index is 12.2. The van der Waals surface area contributed by atoms with Crippen LogP contribution in [0, 0.1) is 0 Å². The number of sulfone groups is 1. The molecule has 0 aliphatic rings. The van der Waals surface area contributed by atoms with Crippen molar-refractivity contribution in [2.75, 3.05) is 0 Å². The molecule has 0 spiro atoms. The Bertz CT molecular complexity index is 591. The zero-order chi connectivity index (χ0) is 12.3.